The fourth-order valence-electron chi connectivity index (χ4n) is 3.37. The zero-order valence-corrected chi connectivity index (χ0v) is 18.3. The Bertz CT molecular complexity index is 1080. The summed E-state index contributed by atoms with van der Waals surface area (Å²) in [7, 11) is 1.57. The number of carbonyl (C=O) groups excluding carboxylic acids is 1. The fraction of sp³-hybridized carbons (Fsp3) is 0.231. The predicted octanol–water partition coefficient (Wildman–Crippen LogP) is 4.98. The van der Waals surface area contributed by atoms with Gasteiger partial charge < -0.3 is 19.9 Å². The zero-order chi connectivity index (χ0) is 22.9. The van der Waals surface area contributed by atoms with Gasteiger partial charge in [0.1, 0.15) is 12.4 Å². The maximum atomic E-state index is 12.2. The van der Waals surface area contributed by atoms with Crippen LogP contribution < -0.4 is 10.1 Å². The first-order valence-corrected chi connectivity index (χ1v) is 10.4. The average Bonchev–Trinajstić information content (AvgIpc) is 2.81. The van der Waals surface area contributed by atoms with Gasteiger partial charge >= 0.3 is 12.1 Å². The number of aliphatic carboxylic acids is 1. The first kappa shape index (κ1) is 22.9. The molecule has 0 aliphatic carbocycles. The van der Waals surface area contributed by atoms with Crippen molar-refractivity contribution >= 4 is 12.1 Å². The minimum Gasteiger partial charge on any atom is -0.496 e. The third-order valence-corrected chi connectivity index (χ3v) is 5.12. The first-order chi connectivity index (χ1) is 15.5. The van der Waals surface area contributed by atoms with Crippen LogP contribution in [0.2, 0.25) is 0 Å². The number of carboxylic acid groups (broad SMARTS) is 1. The molecule has 0 saturated carbocycles. The number of carbonyl (C=O) groups is 2. The second-order valence-corrected chi connectivity index (χ2v) is 7.40. The summed E-state index contributed by atoms with van der Waals surface area (Å²) in [4.78, 5) is 23.2. The molecule has 0 aromatic heterocycles. The number of alkyl carbamates (subject to hydrolysis) is 1. The van der Waals surface area contributed by atoms with Crippen molar-refractivity contribution < 1.29 is 24.2 Å². The highest BCUT2D eigenvalue weighted by Crippen LogP contribution is 2.27. The molecule has 0 atom stereocenters. The quantitative estimate of drug-likeness (QED) is 0.497. The molecular weight excluding hydrogens is 406 g/mol. The number of aryl methyl sites for hydroxylation is 1. The molecule has 0 aliphatic heterocycles. The van der Waals surface area contributed by atoms with E-state index in [1.807, 2.05) is 60.7 Å². The van der Waals surface area contributed by atoms with Crippen molar-refractivity contribution in [1.29, 1.82) is 0 Å². The highest BCUT2D eigenvalue weighted by Gasteiger charge is 2.10. The average molecular weight is 434 g/mol. The van der Waals surface area contributed by atoms with Gasteiger partial charge in [-0.3, -0.25) is 4.79 Å². The second-order valence-electron chi connectivity index (χ2n) is 7.40. The SMILES string of the molecule is CCc1ccc(COC(=O)NCc2cc(-c3cccc(CC(=O)O)c3)ccc2OC)cc1. The third kappa shape index (κ3) is 6.35. The van der Waals surface area contributed by atoms with Crippen molar-refractivity contribution in [3.8, 4) is 16.9 Å². The van der Waals surface area contributed by atoms with Crippen molar-refractivity contribution in [1.82, 2.24) is 5.32 Å². The number of amides is 1. The summed E-state index contributed by atoms with van der Waals surface area (Å²) in [5, 5.41) is 11.8. The molecule has 0 spiro atoms. The van der Waals surface area contributed by atoms with Gasteiger partial charge in [-0.25, -0.2) is 4.79 Å². The molecule has 166 valence electrons. The Morgan fingerprint density at radius 2 is 1.62 bits per heavy atom. The van der Waals surface area contributed by atoms with Crippen LogP contribution in [0.4, 0.5) is 4.79 Å². The predicted molar refractivity (Wildman–Crippen MR) is 123 cm³/mol. The van der Waals surface area contributed by atoms with E-state index in [9.17, 15) is 9.59 Å². The minimum atomic E-state index is -0.874. The van der Waals surface area contributed by atoms with Gasteiger partial charge in [-0.1, -0.05) is 61.5 Å². The first-order valence-electron chi connectivity index (χ1n) is 10.4. The van der Waals surface area contributed by atoms with E-state index in [2.05, 4.69) is 12.2 Å². The van der Waals surface area contributed by atoms with Crippen LogP contribution in [0.25, 0.3) is 11.1 Å². The van der Waals surface area contributed by atoms with Crippen molar-refractivity contribution in [2.75, 3.05) is 7.11 Å². The molecule has 0 aliphatic rings. The highest BCUT2D eigenvalue weighted by atomic mass is 16.5. The molecule has 2 N–H and O–H groups in total. The Morgan fingerprint density at radius 3 is 2.31 bits per heavy atom. The van der Waals surface area contributed by atoms with Gasteiger partial charge in [0.25, 0.3) is 0 Å². The maximum absolute atomic E-state index is 12.2. The summed E-state index contributed by atoms with van der Waals surface area (Å²) in [5.74, 6) is -0.229. The van der Waals surface area contributed by atoms with E-state index in [1.54, 1.807) is 13.2 Å². The number of methoxy groups -OCH3 is 1. The zero-order valence-electron chi connectivity index (χ0n) is 18.3. The van der Waals surface area contributed by atoms with Gasteiger partial charge in [-0.05, 0) is 46.4 Å². The van der Waals surface area contributed by atoms with Gasteiger partial charge in [0, 0.05) is 12.1 Å². The lowest BCUT2D eigenvalue weighted by Crippen LogP contribution is -2.23. The topological polar surface area (TPSA) is 84.9 Å². The Labute approximate surface area is 187 Å². The van der Waals surface area contributed by atoms with Gasteiger partial charge in [0.05, 0.1) is 13.5 Å². The summed E-state index contributed by atoms with van der Waals surface area (Å²) in [6.07, 6.45) is 0.415. The van der Waals surface area contributed by atoms with Crippen LogP contribution in [0.5, 0.6) is 5.75 Å². The van der Waals surface area contributed by atoms with Crippen molar-refractivity contribution in [2.45, 2.75) is 32.9 Å². The maximum Gasteiger partial charge on any atom is 0.407 e. The molecule has 0 unspecified atom stereocenters. The lowest BCUT2D eigenvalue weighted by atomic mass is 9.99. The van der Waals surface area contributed by atoms with Crippen LogP contribution in [0, 0.1) is 0 Å². The molecule has 0 radical (unpaired) electrons. The number of rotatable bonds is 9. The van der Waals surface area contributed by atoms with Crippen molar-refractivity contribution in [3.05, 3.63) is 89.0 Å². The molecule has 0 saturated heterocycles. The number of nitrogens with one attached hydrogen (secondary N) is 1. The summed E-state index contributed by atoms with van der Waals surface area (Å²) in [6.45, 7) is 2.53. The number of ether oxygens (including phenoxy) is 2. The molecular formula is C26H27NO5. The molecule has 32 heavy (non-hydrogen) atoms. The van der Waals surface area contributed by atoms with Gasteiger partial charge in [-0.15, -0.1) is 0 Å². The van der Waals surface area contributed by atoms with E-state index in [0.29, 0.717) is 5.75 Å². The van der Waals surface area contributed by atoms with Crippen LogP contribution in [0.3, 0.4) is 0 Å². The van der Waals surface area contributed by atoms with Crippen LogP contribution >= 0.6 is 0 Å². The van der Waals surface area contributed by atoms with E-state index in [-0.39, 0.29) is 19.6 Å². The minimum absolute atomic E-state index is 0.0363. The van der Waals surface area contributed by atoms with E-state index in [1.165, 1.54) is 5.56 Å². The summed E-state index contributed by atoms with van der Waals surface area (Å²) in [5.41, 5.74) is 5.47. The van der Waals surface area contributed by atoms with Gasteiger partial charge in [0.2, 0.25) is 0 Å². The number of benzene rings is 3. The molecule has 0 fully saturated rings. The summed E-state index contributed by atoms with van der Waals surface area (Å²) < 4.78 is 10.7. The monoisotopic (exact) mass is 433 g/mol. The Hall–Kier alpha value is -3.80. The fourth-order valence-corrected chi connectivity index (χ4v) is 3.37. The van der Waals surface area contributed by atoms with Crippen LogP contribution in [-0.4, -0.2) is 24.3 Å². The molecule has 3 rings (SSSR count). The lowest BCUT2D eigenvalue weighted by molar-refractivity contribution is -0.136. The lowest BCUT2D eigenvalue weighted by Gasteiger charge is -2.13. The van der Waals surface area contributed by atoms with Crippen LogP contribution in [0.15, 0.2) is 66.7 Å². The van der Waals surface area contributed by atoms with Crippen LogP contribution in [-0.2, 0) is 35.5 Å². The largest absolute Gasteiger partial charge is 0.496 e. The second kappa shape index (κ2) is 11.0. The smallest absolute Gasteiger partial charge is 0.407 e. The van der Waals surface area contributed by atoms with Gasteiger partial charge in [0.15, 0.2) is 0 Å². The Kier molecular flexibility index (Phi) is 7.86. The van der Waals surface area contributed by atoms with Gasteiger partial charge in [-0.2, -0.15) is 0 Å². The normalized spacial score (nSPS) is 10.4. The standard InChI is InChI=1S/C26H27NO5/c1-3-18-7-9-19(10-8-18)17-32-26(30)27-16-23-15-22(11-12-24(23)31-2)21-6-4-5-20(13-21)14-25(28)29/h4-13,15H,3,14,16-17H2,1-2H3,(H,27,30)(H,28,29). The molecule has 6 heteroatoms. The molecule has 6 nitrogen and oxygen atoms in total. The molecule has 3 aromatic carbocycles. The van der Waals surface area contributed by atoms with Crippen molar-refractivity contribution in [3.63, 3.8) is 0 Å². The molecule has 1 amide bonds. The third-order valence-electron chi connectivity index (χ3n) is 5.12. The van der Waals surface area contributed by atoms with E-state index < -0.39 is 12.1 Å². The van der Waals surface area contributed by atoms with E-state index in [4.69, 9.17) is 14.6 Å². The number of carboxylic acids is 1. The van der Waals surface area contributed by atoms with Crippen LogP contribution in [0.1, 0.15) is 29.2 Å². The number of hydrogen-bond acceptors (Lipinski definition) is 4. The molecule has 0 bridgehead atoms. The highest BCUT2D eigenvalue weighted by molar-refractivity contribution is 5.73. The molecule has 3 aromatic rings. The summed E-state index contributed by atoms with van der Waals surface area (Å²) >= 11 is 0. The Balaban J connectivity index is 1.65. The van der Waals surface area contributed by atoms with Crippen molar-refractivity contribution in [2.24, 2.45) is 0 Å². The van der Waals surface area contributed by atoms with E-state index >= 15 is 0 Å². The number of hydrogen-bond donors (Lipinski definition) is 2. The molecule has 0 heterocycles. The Morgan fingerprint density at radius 1 is 0.906 bits per heavy atom. The summed E-state index contributed by atoms with van der Waals surface area (Å²) in [6, 6.07) is 21.0. The van der Waals surface area contributed by atoms with E-state index in [0.717, 1.165) is 34.2 Å².